The van der Waals surface area contributed by atoms with Gasteiger partial charge >= 0.3 is 0 Å². The average Bonchev–Trinajstić information content (AvgIpc) is 2.39. The first kappa shape index (κ1) is 13.0. The number of benzene rings is 1. The Bertz CT molecular complexity index is 646. The molecule has 0 spiro atoms. The number of hydrogen-bond donors (Lipinski definition) is 1. The highest BCUT2D eigenvalue weighted by molar-refractivity contribution is 6.29. The van der Waals surface area contributed by atoms with Crippen molar-refractivity contribution in [3.63, 3.8) is 0 Å². The molecule has 1 heterocycles. The molecule has 1 aromatic carbocycles. The average molecular weight is 278 g/mol. The number of carbonyl (C=O) groups is 1. The van der Waals surface area contributed by atoms with E-state index in [4.69, 9.17) is 11.6 Å². The largest absolute Gasteiger partial charge is 0.320 e. The van der Waals surface area contributed by atoms with Gasteiger partial charge in [0.2, 0.25) is 0 Å². The number of halogens is 1. The van der Waals surface area contributed by atoms with Crippen molar-refractivity contribution in [3.05, 3.63) is 63.4 Å². The van der Waals surface area contributed by atoms with Gasteiger partial charge in [-0.3, -0.25) is 14.9 Å². The summed E-state index contributed by atoms with van der Waals surface area (Å²) in [5.74, 6) is -0.483. The van der Waals surface area contributed by atoms with Crippen LogP contribution in [0.5, 0.6) is 0 Å². The van der Waals surface area contributed by atoms with Crippen LogP contribution in [0.15, 0.2) is 42.5 Å². The molecule has 6 nitrogen and oxygen atoms in total. The second-order valence-corrected chi connectivity index (χ2v) is 3.99. The quantitative estimate of drug-likeness (QED) is 0.531. The number of hydrogen-bond acceptors (Lipinski definition) is 4. The molecule has 0 bridgehead atoms. The Labute approximate surface area is 113 Å². The fourth-order valence-corrected chi connectivity index (χ4v) is 1.59. The lowest BCUT2D eigenvalue weighted by molar-refractivity contribution is -0.384. The van der Waals surface area contributed by atoms with E-state index in [-0.39, 0.29) is 16.5 Å². The zero-order valence-electron chi connectivity index (χ0n) is 9.54. The highest BCUT2D eigenvalue weighted by atomic mass is 35.5. The number of nitrogens with one attached hydrogen (secondary N) is 1. The molecule has 0 unspecified atom stereocenters. The molecule has 2 rings (SSSR count). The third-order valence-corrected chi connectivity index (χ3v) is 2.47. The zero-order valence-corrected chi connectivity index (χ0v) is 10.3. The number of rotatable bonds is 3. The lowest BCUT2D eigenvalue weighted by Gasteiger charge is -2.04. The number of carbonyl (C=O) groups excluding carboxylic acids is 1. The standard InChI is InChI=1S/C12H8ClN3O3/c13-11-6-2-5-10(15-11)12(17)14-8-3-1-4-9(7-8)16(18)19/h1-7H,(H,14,17). The molecule has 96 valence electrons. The van der Waals surface area contributed by atoms with Crippen LogP contribution in [-0.2, 0) is 0 Å². The number of nitro groups is 1. The highest BCUT2D eigenvalue weighted by Gasteiger charge is 2.10. The lowest BCUT2D eigenvalue weighted by Crippen LogP contribution is -2.13. The van der Waals surface area contributed by atoms with E-state index in [2.05, 4.69) is 10.3 Å². The van der Waals surface area contributed by atoms with Crippen LogP contribution >= 0.6 is 11.6 Å². The normalized spacial score (nSPS) is 9.95. The van der Waals surface area contributed by atoms with Gasteiger partial charge in [0.05, 0.1) is 4.92 Å². The number of pyridine rings is 1. The van der Waals surface area contributed by atoms with E-state index >= 15 is 0 Å². The Balaban J connectivity index is 2.19. The van der Waals surface area contributed by atoms with Crippen LogP contribution < -0.4 is 5.32 Å². The van der Waals surface area contributed by atoms with Crippen LogP contribution in [0.1, 0.15) is 10.5 Å². The summed E-state index contributed by atoms with van der Waals surface area (Å²) < 4.78 is 0. The van der Waals surface area contributed by atoms with Crippen molar-refractivity contribution < 1.29 is 9.72 Å². The number of nitrogens with zero attached hydrogens (tertiary/aromatic N) is 2. The molecule has 0 saturated carbocycles. The van der Waals surface area contributed by atoms with E-state index in [0.717, 1.165) is 0 Å². The van der Waals surface area contributed by atoms with Crippen molar-refractivity contribution in [2.45, 2.75) is 0 Å². The van der Waals surface area contributed by atoms with Crippen LogP contribution in [0.25, 0.3) is 0 Å². The summed E-state index contributed by atoms with van der Waals surface area (Å²) in [6.45, 7) is 0. The van der Waals surface area contributed by atoms with E-state index in [0.29, 0.717) is 5.69 Å². The van der Waals surface area contributed by atoms with Gasteiger partial charge in [0, 0.05) is 17.8 Å². The summed E-state index contributed by atoms with van der Waals surface area (Å²) in [4.78, 5) is 25.8. The fraction of sp³-hybridized carbons (Fsp3) is 0. The van der Waals surface area contributed by atoms with Gasteiger partial charge in [-0.15, -0.1) is 0 Å². The lowest BCUT2D eigenvalue weighted by atomic mass is 10.2. The van der Waals surface area contributed by atoms with Gasteiger partial charge in [0.1, 0.15) is 10.8 Å². The molecule has 0 atom stereocenters. The van der Waals surface area contributed by atoms with Crippen molar-refractivity contribution in [1.29, 1.82) is 0 Å². The van der Waals surface area contributed by atoms with Crippen LogP contribution in [0.4, 0.5) is 11.4 Å². The van der Waals surface area contributed by atoms with Crippen LogP contribution in [-0.4, -0.2) is 15.8 Å². The van der Waals surface area contributed by atoms with Gasteiger partial charge in [0.15, 0.2) is 0 Å². The molecule has 0 fully saturated rings. The Morgan fingerprint density at radius 2 is 2.00 bits per heavy atom. The Hall–Kier alpha value is -2.47. The second-order valence-electron chi connectivity index (χ2n) is 3.61. The molecule has 1 N–H and O–H groups in total. The SMILES string of the molecule is O=C(Nc1cccc([N+](=O)[O-])c1)c1cccc(Cl)n1. The summed E-state index contributed by atoms with van der Waals surface area (Å²) in [5.41, 5.74) is 0.358. The van der Waals surface area contributed by atoms with Gasteiger partial charge in [-0.25, -0.2) is 4.98 Å². The van der Waals surface area contributed by atoms with Crippen LogP contribution in [0, 0.1) is 10.1 Å². The number of anilines is 1. The molecular formula is C12H8ClN3O3. The first-order valence-corrected chi connectivity index (χ1v) is 5.62. The van der Waals surface area contributed by atoms with Gasteiger partial charge in [-0.1, -0.05) is 23.7 Å². The first-order valence-electron chi connectivity index (χ1n) is 5.24. The Morgan fingerprint density at radius 3 is 2.68 bits per heavy atom. The minimum Gasteiger partial charge on any atom is -0.320 e. The summed E-state index contributed by atoms with van der Waals surface area (Å²) >= 11 is 5.68. The smallest absolute Gasteiger partial charge is 0.274 e. The topological polar surface area (TPSA) is 85.1 Å². The molecule has 19 heavy (non-hydrogen) atoms. The molecule has 2 aromatic rings. The van der Waals surface area contributed by atoms with Crippen molar-refractivity contribution in [2.24, 2.45) is 0 Å². The highest BCUT2D eigenvalue weighted by Crippen LogP contribution is 2.17. The van der Waals surface area contributed by atoms with Gasteiger partial charge < -0.3 is 5.32 Å². The Morgan fingerprint density at radius 1 is 1.26 bits per heavy atom. The fourth-order valence-electron chi connectivity index (χ4n) is 1.43. The van der Waals surface area contributed by atoms with Crippen molar-refractivity contribution >= 4 is 28.9 Å². The molecule has 1 amide bonds. The number of nitro benzene ring substituents is 1. The third kappa shape index (κ3) is 3.26. The van der Waals surface area contributed by atoms with Gasteiger partial charge in [-0.05, 0) is 18.2 Å². The first-order chi connectivity index (χ1) is 9.06. The molecule has 0 aliphatic carbocycles. The van der Waals surface area contributed by atoms with E-state index in [1.165, 1.54) is 24.3 Å². The summed E-state index contributed by atoms with van der Waals surface area (Å²) in [6.07, 6.45) is 0. The predicted octanol–water partition coefficient (Wildman–Crippen LogP) is 2.90. The number of non-ortho nitro benzene ring substituents is 1. The zero-order chi connectivity index (χ0) is 13.8. The summed E-state index contributed by atoms with van der Waals surface area (Å²) in [7, 11) is 0. The minimum atomic E-state index is -0.534. The van der Waals surface area contributed by atoms with Gasteiger partial charge in [0.25, 0.3) is 11.6 Å². The molecule has 0 aliphatic rings. The Kier molecular flexibility index (Phi) is 3.72. The van der Waals surface area contributed by atoms with E-state index in [9.17, 15) is 14.9 Å². The van der Waals surface area contributed by atoms with Crippen molar-refractivity contribution in [3.8, 4) is 0 Å². The molecular weight excluding hydrogens is 270 g/mol. The molecule has 0 radical (unpaired) electrons. The number of amides is 1. The monoisotopic (exact) mass is 277 g/mol. The second kappa shape index (κ2) is 5.45. The molecule has 1 aromatic heterocycles. The van der Waals surface area contributed by atoms with E-state index in [1.54, 1.807) is 18.2 Å². The third-order valence-electron chi connectivity index (χ3n) is 2.26. The van der Waals surface area contributed by atoms with Crippen molar-refractivity contribution in [1.82, 2.24) is 4.98 Å². The maximum absolute atomic E-state index is 11.8. The maximum Gasteiger partial charge on any atom is 0.274 e. The molecule has 0 saturated heterocycles. The molecule has 0 aliphatic heterocycles. The maximum atomic E-state index is 11.8. The minimum absolute atomic E-state index is 0.100. The van der Waals surface area contributed by atoms with Crippen LogP contribution in [0.2, 0.25) is 5.15 Å². The summed E-state index contributed by atoms with van der Waals surface area (Å²) in [6, 6.07) is 10.3. The van der Waals surface area contributed by atoms with Crippen LogP contribution in [0.3, 0.4) is 0 Å². The molecule has 7 heteroatoms. The predicted molar refractivity (Wildman–Crippen MR) is 70.3 cm³/mol. The summed E-state index contributed by atoms with van der Waals surface area (Å²) in [5, 5.41) is 13.3. The van der Waals surface area contributed by atoms with Gasteiger partial charge in [-0.2, -0.15) is 0 Å². The van der Waals surface area contributed by atoms with Crippen molar-refractivity contribution in [2.75, 3.05) is 5.32 Å². The van der Waals surface area contributed by atoms with E-state index in [1.807, 2.05) is 0 Å². The van der Waals surface area contributed by atoms with E-state index < -0.39 is 10.8 Å². The number of aromatic nitrogens is 1.